The van der Waals surface area contributed by atoms with E-state index in [9.17, 15) is 9.59 Å². The first-order valence-corrected chi connectivity index (χ1v) is 12.4. The van der Waals surface area contributed by atoms with E-state index >= 15 is 0 Å². The zero-order valence-corrected chi connectivity index (χ0v) is 20.0. The Morgan fingerprint density at radius 2 is 1.68 bits per heavy atom. The van der Waals surface area contributed by atoms with Gasteiger partial charge < -0.3 is 10.2 Å². The van der Waals surface area contributed by atoms with Gasteiger partial charge in [-0.1, -0.05) is 81.1 Å². The lowest BCUT2D eigenvalue weighted by atomic mass is 10.1. The van der Waals surface area contributed by atoms with E-state index in [2.05, 4.69) is 12.2 Å². The Morgan fingerprint density at radius 3 is 2.35 bits per heavy atom. The first-order valence-electron chi connectivity index (χ1n) is 12.4. The van der Waals surface area contributed by atoms with E-state index in [0.717, 1.165) is 61.9 Å². The average Bonchev–Trinajstić information content (AvgIpc) is 3.55. The largest absolute Gasteiger partial charge is 0.333 e. The van der Waals surface area contributed by atoms with E-state index in [-0.39, 0.29) is 24.3 Å². The summed E-state index contributed by atoms with van der Waals surface area (Å²) in [6, 6.07) is 21.5. The molecule has 3 aromatic rings. The molecule has 1 fully saturated rings. The number of hydrogen-bond donors (Lipinski definition) is 1. The number of carbonyl (C=O) groups excluding carboxylic acids is 2. The lowest BCUT2D eigenvalue weighted by molar-refractivity contribution is -0.138. The average molecular weight is 459 g/mol. The fourth-order valence-electron chi connectivity index (χ4n) is 4.59. The van der Waals surface area contributed by atoms with Crippen molar-refractivity contribution < 1.29 is 9.59 Å². The van der Waals surface area contributed by atoms with E-state index in [0.29, 0.717) is 12.4 Å². The van der Waals surface area contributed by atoms with E-state index in [1.165, 1.54) is 0 Å². The Bertz CT molecular complexity index is 1070. The summed E-state index contributed by atoms with van der Waals surface area (Å²) in [5, 5.41) is 7.80. The van der Waals surface area contributed by atoms with Crippen LogP contribution >= 0.6 is 0 Å². The highest BCUT2D eigenvalue weighted by molar-refractivity contribution is 5.95. The molecule has 4 rings (SSSR count). The maximum atomic E-state index is 13.2. The third-order valence-corrected chi connectivity index (χ3v) is 6.43. The second-order valence-electron chi connectivity index (χ2n) is 9.02. The van der Waals surface area contributed by atoms with Gasteiger partial charge in [0.2, 0.25) is 11.8 Å². The van der Waals surface area contributed by atoms with Gasteiger partial charge in [-0.15, -0.1) is 0 Å². The monoisotopic (exact) mass is 458 g/mol. The van der Waals surface area contributed by atoms with Crippen LogP contribution in [0.25, 0.3) is 16.9 Å². The van der Waals surface area contributed by atoms with E-state index in [1.807, 2.05) is 66.7 Å². The number of nitrogens with one attached hydrogen (secondary N) is 1. The molecule has 1 aliphatic rings. The number of anilines is 1. The van der Waals surface area contributed by atoms with Crippen LogP contribution in [0.4, 0.5) is 5.82 Å². The van der Waals surface area contributed by atoms with Crippen LogP contribution in [-0.4, -0.2) is 39.6 Å². The number of nitrogens with zero attached hydrogens (tertiary/aromatic N) is 3. The third kappa shape index (κ3) is 5.93. The van der Waals surface area contributed by atoms with Crippen molar-refractivity contribution in [2.24, 2.45) is 5.92 Å². The van der Waals surface area contributed by atoms with Crippen molar-refractivity contribution in [2.75, 3.05) is 18.4 Å². The van der Waals surface area contributed by atoms with Gasteiger partial charge in [0, 0.05) is 24.1 Å². The summed E-state index contributed by atoms with van der Waals surface area (Å²) in [5.74, 6) is 0.593. The standard InChI is InChI=1S/C28H34N4O2/c1-2-3-12-19-31(28(34)23-15-10-11-16-23)21-27(33)29-26-20-25(22-13-6-4-7-14-22)30-32(26)24-17-8-5-9-18-24/h4-9,13-14,17-18,20,23H,2-3,10-12,15-16,19,21H2,1H3,(H,29,33). The van der Waals surface area contributed by atoms with Crippen molar-refractivity contribution >= 4 is 17.6 Å². The lowest BCUT2D eigenvalue weighted by Gasteiger charge is -2.25. The van der Waals surface area contributed by atoms with Gasteiger partial charge in [0.1, 0.15) is 5.82 Å². The Balaban J connectivity index is 1.54. The lowest BCUT2D eigenvalue weighted by Crippen LogP contribution is -2.41. The molecule has 6 heteroatoms. The number of amides is 2. The van der Waals surface area contributed by atoms with Crippen molar-refractivity contribution in [1.29, 1.82) is 0 Å². The van der Waals surface area contributed by atoms with E-state index in [4.69, 9.17) is 5.10 Å². The molecule has 1 saturated carbocycles. The van der Waals surface area contributed by atoms with Gasteiger partial charge in [0.25, 0.3) is 0 Å². The van der Waals surface area contributed by atoms with E-state index in [1.54, 1.807) is 9.58 Å². The zero-order valence-electron chi connectivity index (χ0n) is 20.0. The minimum atomic E-state index is -0.195. The normalized spacial score (nSPS) is 13.7. The summed E-state index contributed by atoms with van der Waals surface area (Å²) < 4.78 is 1.75. The highest BCUT2D eigenvalue weighted by Gasteiger charge is 2.28. The second kappa shape index (κ2) is 11.6. The van der Waals surface area contributed by atoms with E-state index < -0.39 is 0 Å². The van der Waals surface area contributed by atoms with Crippen molar-refractivity contribution in [2.45, 2.75) is 51.9 Å². The SMILES string of the molecule is CCCCCN(CC(=O)Nc1cc(-c2ccccc2)nn1-c1ccccc1)C(=O)C1CCCC1. The molecule has 6 nitrogen and oxygen atoms in total. The summed E-state index contributed by atoms with van der Waals surface area (Å²) >= 11 is 0. The maximum absolute atomic E-state index is 13.2. The second-order valence-corrected chi connectivity index (χ2v) is 9.02. The predicted molar refractivity (Wildman–Crippen MR) is 136 cm³/mol. The van der Waals surface area contributed by atoms with Crippen LogP contribution in [0.1, 0.15) is 51.9 Å². The van der Waals surface area contributed by atoms with Crippen LogP contribution in [0.15, 0.2) is 66.7 Å². The molecular formula is C28H34N4O2. The van der Waals surface area contributed by atoms with Crippen molar-refractivity contribution in [3.05, 3.63) is 66.7 Å². The van der Waals surface area contributed by atoms with Crippen LogP contribution in [0.2, 0.25) is 0 Å². The number of unbranched alkanes of at least 4 members (excludes halogenated alkanes) is 2. The van der Waals surface area contributed by atoms with Crippen LogP contribution in [0.5, 0.6) is 0 Å². The molecule has 1 aliphatic carbocycles. The fraction of sp³-hybridized carbons (Fsp3) is 0.393. The molecular weight excluding hydrogens is 424 g/mol. The summed E-state index contributed by atoms with van der Waals surface area (Å²) in [7, 11) is 0. The maximum Gasteiger partial charge on any atom is 0.245 e. The fourth-order valence-corrected chi connectivity index (χ4v) is 4.59. The smallest absolute Gasteiger partial charge is 0.245 e. The number of benzene rings is 2. The highest BCUT2D eigenvalue weighted by atomic mass is 16.2. The van der Waals surface area contributed by atoms with Gasteiger partial charge in [-0.25, -0.2) is 4.68 Å². The van der Waals surface area contributed by atoms with Gasteiger partial charge in [0.05, 0.1) is 17.9 Å². The summed E-state index contributed by atoms with van der Waals surface area (Å²) in [6.07, 6.45) is 7.13. The number of aromatic nitrogens is 2. The van der Waals surface area contributed by atoms with Crippen LogP contribution in [0.3, 0.4) is 0 Å². The first kappa shape index (κ1) is 23.7. The van der Waals surface area contributed by atoms with Gasteiger partial charge >= 0.3 is 0 Å². The third-order valence-electron chi connectivity index (χ3n) is 6.43. The quantitative estimate of drug-likeness (QED) is 0.397. The zero-order chi connectivity index (χ0) is 23.8. The molecule has 178 valence electrons. The molecule has 1 aromatic heterocycles. The molecule has 0 spiro atoms. The first-order chi connectivity index (χ1) is 16.7. The Hall–Kier alpha value is -3.41. The topological polar surface area (TPSA) is 67.2 Å². The number of carbonyl (C=O) groups is 2. The predicted octanol–water partition coefficient (Wildman–Crippen LogP) is 5.69. The van der Waals surface area contributed by atoms with Gasteiger partial charge in [0.15, 0.2) is 0 Å². The molecule has 0 bridgehead atoms. The van der Waals surface area contributed by atoms with Gasteiger partial charge in [-0.05, 0) is 31.4 Å². The minimum Gasteiger partial charge on any atom is -0.333 e. The molecule has 0 unspecified atom stereocenters. The minimum absolute atomic E-state index is 0.0638. The summed E-state index contributed by atoms with van der Waals surface area (Å²) in [5.41, 5.74) is 2.62. The molecule has 0 aliphatic heterocycles. The molecule has 1 N–H and O–H groups in total. The molecule has 2 aromatic carbocycles. The van der Waals surface area contributed by atoms with Crippen LogP contribution in [-0.2, 0) is 9.59 Å². The molecule has 1 heterocycles. The van der Waals surface area contributed by atoms with Crippen molar-refractivity contribution in [1.82, 2.24) is 14.7 Å². The van der Waals surface area contributed by atoms with Gasteiger partial charge in [-0.3, -0.25) is 9.59 Å². The van der Waals surface area contributed by atoms with Crippen molar-refractivity contribution in [3.8, 4) is 16.9 Å². The molecule has 0 saturated heterocycles. The molecule has 2 amide bonds. The Labute approximate surface area is 202 Å². The van der Waals surface area contributed by atoms with Crippen LogP contribution in [0, 0.1) is 5.92 Å². The highest BCUT2D eigenvalue weighted by Crippen LogP contribution is 2.27. The van der Waals surface area contributed by atoms with Crippen LogP contribution < -0.4 is 5.32 Å². The Morgan fingerprint density at radius 1 is 1.00 bits per heavy atom. The summed E-state index contributed by atoms with van der Waals surface area (Å²) in [4.78, 5) is 28.1. The van der Waals surface area contributed by atoms with Crippen molar-refractivity contribution in [3.63, 3.8) is 0 Å². The number of para-hydroxylation sites is 1. The molecule has 0 atom stereocenters. The Kier molecular flexibility index (Phi) is 8.12. The number of rotatable bonds is 10. The molecule has 0 radical (unpaired) electrons. The van der Waals surface area contributed by atoms with Gasteiger partial charge in [-0.2, -0.15) is 5.10 Å². The number of hydrogen-bond acceptors (Lipinski definition) is 3. The molecule has 34 heavy (non-hydrogen) atoms. The summed E-state index contributed by atoms with van der Waals surface area (Å²) in [6.45, 7) is 2.84.